The molecule has 6 heteroatoms. The molecule has 1 amide bonds. The van der Waals surface area contributed by atoms with Crippen LogP contribution in [0.15, 0.2) is 47.4 Å². The summed E-state index contributed by atoms with van der Waals surface area (Å²) in [7, 11) is -3.84. The summed E-state index contributed by atoms with van der Waals surface area (Å²) in [5.74, 6) is -0.210. The molecule has 2 aromatic rings. The van der Waals surface area contributed by atoms with Gasteiger partial charge in [0, 0.05) is 17.8 Å². The third-order valence-corrected chi connectivity index (χ3v) is 4.65. The van der Waals surface area contributed by atoms with Crippen LogP contribution in [0, 0.1) is 6.92 Å². The van der Waals surface area contributed by atoms with Gasteiger partial charge in [-0.05, 0) is 48.7 Å². The van der Waals surface area contributed by atoms with Crippen molar-refractivity contribution in [1.29, 1.82) is 0 Å². The number of carbonyl (C=O) groups is 1. The maximum Gasteiger partial charge on any atom is 0.258 e. The number of nitrogens with two attached hydrogens (primary N) is 1. The number of amides is 1. The van der Waals surface area contributed by atoms with Crippen LogP contribution in [0.1, 0.15) is 21.5 Å². The molecule has 1 aliphatic heterocycles. The lowest BCUT2D eigenvalue weighted by Crippen LogP contribution is -2.29. The zero-order valence-corrected chi connectivity index (χ0v) is 12.9. The van der Waals surface area contributed by atoms with Crippen molar-refractivity contribution in [2.75, 3.05) is 11.4 Å². The molecule has 0 saturated heterocycles. The molecule has 1 heterocycles. The first-order valence-corrected chi connectivity index (χ1v) is 8.45. The van der Waals surface area contributed by atoms with Gasteiger partial charge in [0.15, 0.2) is 0 Å². The molecule has 0 fully saturated rings. The fourth-order valence-corrected chi connectivity index (χ4v) is 3.38. The number of nitrogens with zero attached hydrogens (tertiary/aromatic N) is 1. The van der Waals surface area contributed by atoms with Gasteiger partial charge in [0.1, 0.15) is 0 Å². The molecule has 0 spiro atoms. The molecule has 2 aromatic carbocycles. The predicted molar refractivity (Wildman–Crippen MR) is 84.4 cm³/mol. The van der Waals surface area contributed by atoms with Gasteiger partial charge >= 0.3 is 0 Å². The first kappa shape index (κ1) is 14.7. The highest BCUT2D eigenvalue weighted by Crippen LogP contribution is 2.29. The predicted octanol–water partition coefficient (Wildman–Crippen LogP) is 1.85. The van der Waals surface area contributed by atoms with Crippen LogP contribution < -0.4 is 10.0 Å². The maximum absolute atomic E-state index is 12.7. The lowest BCUT2D eigenvalue weighted by Gasteiger charge is -2.18. The van der Waals surface area contributed by atoms with Crippen molar-refractivity contribution < 1.29 is 13.2 Å². The molecule has 0 aromatic heterocycles. The second-order valence-electron chi connectivity index (χ2n) is 5.42. The number of anilines is 1. The van der Waals surface area contributed by atoms with E-state index in [1.807, 2.05) is 24.3 Å². The van der Waals surface area contributed by atoms with E-state index < -0.39 is 10.0 Å². The van der Waals surface area contributed by atoms with E-state index in [1.165, 1.54) is 12.1 Å². The second kappa shape index (κ2) is 5.23. The molecule has 0 bridgehead atoms. The van der Waals surface area contributed by atoms with Crippen molar-refractivity contribution in [2.24, 2.45) is 5.14 Å². The zero-order chi connectivity index (χ0) is 15.9. The molecule has 1 aliphatic rings. The quantitative estimate of drug-likeness (QED) is 0.918. The lowest BCUT2D eigenvalue weighted by molar-refractivity contribution is 0.0989. The molecule has 22 heavy (non-hydrogen) atoms. The van der Waals surface area contributed by atoms with E-state index in [9.17, 15) is 13.2 Å². The number of benzene rings is 2. The van der Waals surface area contributed by atoms with E-state index in [1.54, 1.807) is 17.9 Å². The Labute approximate surface area is 129 Å². The van der Waals surface area contributed by atoms with E-state index >= 15 is 0 Å². The number of rotatable bonds is 2. The van der Waals surface area contributed by atoms with Crippen molar-refractivity contribution in [1.82, 2.24) is 0 Å². The SMILES string of the molecule is Cc1cc(C(=O)N2CCc3ccccc32)cc(S(N)(=O)=O)c1. The van der Waals surface area contributed by atoms with Crippen molar-refractivity contribution in [2.45, 2.75) is 18.2 Å². The topological polar surface area (TPSA) is 80.5 Å². The fraction of sp³-hybridized carbons (Fsp3) is 0.188. The fourth-order valence-electron chi connectivity index (χ4n) is 2.74. The van der Waals surface area contributed by atoms with E-state index in [0.29, 0.717) is 17.7 Å². The molecule has 0 radical (unpaired) electrons. The summed E-state index contributed by atoms with van der Waals surface area (Å²) in [6.07, 6.45) is 0.801. The van der Waals surface area contributed by atoms with Crippen molar-refractivity contribution >= 4 is 21.6 Å². The van der Waals surface area contributed by atoms with E-state index in [2.05, 4.69) is 0 Å². The van der Waals surface area contributed by atoms with Crippen LogP contribution in [0.25, 0.3) is 0 Å². The Morgan fingerprint density at radius 1 is 1.18 bits per heavy atom. The molecular formula is C16H16N2O3S. The van der Waals surface area contributed by atoms with Crippen LogP contribution in [0.2, 0.25) is 0 Å². The van der Waals surface area contributed by atoms with Crippen LogP contribution in [-0.2, 0) is 16.4 Å². The van der Waals surface area contributed by atoms with Gasteiger partial charge in [0.25, 0.3) is 5.91 Å². The number of aryl methyl sites for hydroxylation is 1. The number of hydrogen-bond donors (Lipinski definition) is 1. The average molecular weight is 316 g/mol. The van der Waals surface area contributed by atoms with E-state index in [-0.39, 0.29) is 10.8 Å². The smallest absolute Gasteiger partial charge is 0.258 e. The van der Waals surface area contributed by atoms with Crippen LogP contribution in [-0.4, -0.2) is 20.9 Å². The normalized spacial score (nSPS) is 14.0. The number of carbonyl (C=O) groups excluding carboxylic acids is 1. The second-order valence-corrected chi connectivity index (χ2v) is 6.98. The zero-order valence-electron chi connectivity index (χ0n) is 12.1. The summed E-state index contributed by atoms with van der Waals surface area (Å²) in [4.78, 5) is 14.4. The summed E-state index contributed by atoms with van der Waals surface area (Å²) < 4.78 is 23.1. The van der Waals surface area contributed by atoms with Gasteiger partial charge in [-0.15, -0.1) is 0 Å². The van der Waals surface area contributed by atoms with Crippen LogP contribution in [0.3, 0.4) is 0 Å². The summed E-state index contributed by atoms with van der Waals surface area (Å²) >= 11 is 0. The molecule has 0 aliphatic carbocycles. The standard InChI is InChI=1S/C16H16N2O3S/c1-11-8-13(10-14(9-11)22(17,20)21)16(19)18-7-6-12-4-2-3-5-15(12)18/h2-5,8-10H,6-7H2,1H3,(H2,17,20,21). The first-order chi connectivity index (χ1) is 10.4. The molecule has 0 unspecified atom stereocenters. The molecule has 0 saturated carbocycles. The lowest BCUT2D eigenvalue weighted by atomic mass is 10.1. The van der Waals surface area contributed by atoms with Gasteiger partial charge in [-0.3, -0.25) is 4.79 Å². The van der Waals surface area contributed by atoms with Crippen molar-refractivity contribution in [3.05, 3.63) is 59.2 Å². The largest absolute Gasteiger partial charge is 0.308 e. The van der Waals surface area contributed by atoms with Crippen LogP contribution >= 0.6 is 0 Å². The van der Waals surface area contributed by atoms with Gasteiger partial charge in [-0.25, -0.2) is 13.6 Å². The van der Waals surface area contributed by atoms with Gasteiger partial charge in [0.05, 0.1) is 4.90 Å². The number of para-hydroxylation sites is 1. The van der Waals surface area contributed by atoms with E-state index in [4.69, 9.17) is 5.14 Å². The monoisotopic (exact) mass is 316 g/mol. The van der Waals surface area contributed by atoms with Gasteiger partial charge < -0.3 is 4.90 Å². The summed E-state index contributed by atoms with van der Waals surface area (Å²) in [6.45, 7) is 2.33. The van der Waals surface area contributed by atoms with Crippen molar-refractivity contribution in [3.8, 4) is 0 Å². The Morgan fingerprint density at radius 2 is 1.91 bits per heavy atom. The molecule has 5 nitrogen and oxygen atoms in total. The summed E-state index contributed by atoms with van der Waals surface area (Å²) in [6, 6.07) is 12.2. The highest BCUT2D eigenvalue weighted by atomic mass is 32.2. The van der Waals surface area contributed by atoms with Gasteiger partial charge in [-0.1, -0.05) is 18.2 Å². The van der Waals surface area contributed by atoms with Crippen LogP contribution in [0.4, 0.5) is 5.69 Å². The minimum atomic E-state index is -3.84. The minimum Gasteiger partial charge on any atom is -0.308 e. The Kier molecular flexibility index (Phi) is 3.50. The average Bonchev–Trinajstić information content (AvgIpc) is 2.89. The van der Waals surface area contributed by atoms with Gasteiger partial charge in [-0.2, -0.15) is 0 Å². The third-order valence-electron chi connectivity index (χ3n) is 3.76. The number of hydrogen-bond acceptors (Lipinski definition) is 3. The Balaban J connectivity index is 2.02. The summed E-state index contributed by atoms with van der Waals surface area (Å²) in [5, 5.41) is 5.17. The van der Waals surface area contributed by atoms with Gasteiger partial charge in [0.2, 0.25) is 10.0 Å². The highest BCUT2D eigenvalue weighted by molar-refractivity contribution is 7.89. The molecule has 114 valence electrons. The molecule has 3 rings (SSSR count). The van der Waals surface area contributed by atoms with Crippen LogP contribution in [0.5, 0.6) is 0 Å². The number of sulfonamides is 1. The molecule has 2 N–H and O–H groups in total. The Morgan fingerprint density at radius 3 is 2.64 bits per heavy atom. The number of fused-ring (bicyclic) bond motifs is 1. The Hall–Kier alpha value is -2.18. The molecular weight excluding hydrogens is 300 g/mol. The Bertz CT molecular complexity index is 859. The minimum absolute atomic E-state index is 0.0386. The third kappa shape index (κ3) is 2.63. The van der Waals surface area contributed by atoms with E-state index in [0.717, 1.165) is 17.7 Å². The molecule has 0 atom stereocenters. The highest BCUT2D eigenvalue weighted by Gasteiger charge is 2.26. The maximum atomic E-state index is 12.7. The first-order valence-electron chi connectivity index (χ1n) is 6.90. The van der Waals surface area contributed by atoms with Crippen molar-refractivity contribution in [3.63, 3.8) is 0 Å². The summed E-state index contributed by atoms with van der Waals surface area (Å²) in [5.41, 5.74) is 3.02. The number of primary sulfonamides is 1.